The van der Waals surface area contributed by atoms with Gasteiger partial charge in [-0.2, -0.15) is 0 Å². The lowest BCUT2D eigenvalue weighted by Crippen LogP contribution is -2.28. The number of likely N-dealkylation sites (N-methyl/N-ethyl adjacent to an activating group) is 1. The number of hydrogen-bond donors (Lipinski definition) is 11. The van der Waals surface area contributed by atoms with Gasteiger partial charge in [0.2, 0.25) is 0 Å². The molecule has 30 nitrogen and oxygen atoms in total. The van der Waals surface area contributed by atoms with Crippen LogP contribution in [0.5, 0.6) is 23.0 Å². The second kappa shape index (κ2) is 35.0. The Balaban J connectivity index is 0.000000119. The van der Waals surface area contributed by atoms with E-state index in [1.807, 2.05) is 97.4 Å². The molecule has 0 saturated carbocycles. The number of aryl methyl sites for hydroxylation is 9. The summed E-state index contributed by atoms with van der Waals surface area (Å²) in [5.41, 5.74) is 18.7. The lowest BCUT2D eigenvalue weighted by molar-refractivity contribution is 0.0679. The van der Waals surface area contributed by atoms with Crippen LogP contribution in [-0.4, -0.2) is 137 Å². The van der Waals surface area contributed by atoms with Crippen molar-refractivity contribution >= 4 is 85.2 Å². The van der Waals surface area contributed by atoms with Crippen molar-refractivity contribution in [1.82, 2.24) is 46.8 Å². The highest BCUT2D eigenvalue weighted by atomic mass is 16.4. The van der Waals surface area contributed by atoms with Gasteiger partial charge in [-0.25, -0.2) is 24.0 Å². The van der Waals surface area contributed by atoms with Crippen molar-refractivity contribution in [3.8, 4) is 79.3 Å². The van der Waals surface area contributed by atoms with E-state index in [4.69, 9.17) is 0 Å². The van der Waals surface area contributed by atoms with Gasteiger partial charge in [0, 0.05) is 200 Å². The average Bonchev–Trinajstić information content (AvgIpc) is 1.43. The highest BCUT2D eigenvalue weighted by Crippen LogP contribution is 2.46. The first kappa shape index (κ1) is 88.5. The lowest BCUT2D eigenvalue weighted by Gasteiger charge is -2.19. The summed E-state index contributed by atoms with van der Waals surface area (Å²) in [6.45, 7) is 7.01. The molecule has 0 unspecified atom stereocenters. The van der Waals surface area contributed by atoms with Crippen molar-refractivity contribution in [3.05, 3.63) is 262 Å². The molecule has 9 aromatic heterocycles. The fraction of sp³-hybridized carbons (Fsp3) is 0.300. The van der Waals surface area contributed by atoms with Crippen LogP contribution >= 0.6 is 0 Å². The molecule has 0 spiro atoms. The molecule has 0 radical (unpaired) electrons. The fourth-order valence-corrected chi connectivity index (χ4v) is 19.8. The van der Waals surface area contributed by atoms with Crippen LogP contribution in [0.25, 0.3) is 106 Å². The first-order valence-electron chi connectivity index (χ1n) is 43.5. The second-order valence-corrected chi connectivity index (χ2v) is 34.3. The van der Waals surface area contributed by atoms with E-state index >= 15 is 0 Å². The number of aromatic hydroxyl groups is 4. The van der Waals surface area contributed by atoms with Gasteiger partial charge < -0.3 is 97.7 Å². The molecule has 11 N–H and O–H groups in total. The van der Waals surface area contributed by atoms with E-state index in [9.17, 15) is 93.9 Å². The number of aromatic nitrogens is 9. The van der Waals surface area contributed by atoms with E-state index in [2.05, 4.69) is 93.9 Å². The maximum Gasteiger partial charge on any atom is 0.345 e. The molecule has 30 heteroatoms. The average molecular weight is 1760 g/mol. The first-order valence-corrected chi connectivity index (χ1v) is 43.5. The maximum absolute atomic E-state index is 12.7. The number of aromatic amines is 1. The Hall–Kier alpha value is -14.9. The number of nitrogens with one attached hydrogen (secondary N) is 2. The highest BCUT2D eigenvalue weighted by Gasteiger charge is 2.35. The van der Waals surface area contributed by atoms with Gasteiger partial charge in [-0.05, 0) is 240 Å². The molecule has 10 heterocycles. The Morgan fingerprint density at radius 1 is 0.408 bits per heavy atom. The van der Waals surface area contributed by atoms with Gasteiger partial charge >= 0.3 is 29.8 Å². The second-order valence-electron chi connectivity index (χ2n) is 34.3. The van der Waals surface area contributed by atoms with E-state index in [-0.39, 0.29) is 11.3 Å². The number of allylic oxidation sites excluding steroid dienone is 1. The molecule has 670 valence electrons. The number of aromatic carboxylic acids is 5. The molecular formula is C100H101N11O19. The summed E-state index contributed by atoms with van der Waals surface area (Å²) in [5.74, 6) is -8.41. The molecule has 0 fully saturated rings. The molecule has 1 aliphatic heterocycles. The van der Waals surface area contributed by atoms with E-state index in [0.717, 1.165) is 196 Å². The van der Waals surface area contributed by atoms with Gasteiger partial charge in [0.05, 0.1) is 28.5 Å². The van der Waals surface area contributed by atoms with Crippen LogP contribution in [0.15, 0.2) is 140 Å². The van der Waals surface area contributed by atoms with E-state index in [1.165, 1.54) is 46.3 Å². The Morgan fingerprint density at radius 2 is 0.862 bits per heavy atom. The van der Waals surface area contributed by atoms with Crippen molar-refractivity contribution in [2.75, 3.05) is 25.0 Å². The minimum atomic E-state index is -1.42. The Bertz CT molecular complexity index is 7530. The van der Waals surface area contributed by atoms with E-state index in [1.54, 1.807) is 34.1 Å². The number of hydrogen-bond acceptors (Lipinski definition) is 16. The minimum absolute atomic E-state index is 0.152. The Labute approximate surface area is 743 Å². The number of carboxylic acids is 5. The third-order valence-electron chi connectivity index (χ3n) is 26.6. The van der Waals surface area contributed by atoms with Crippen LogP contribution in [0.2, 0.25) is 0 Å². The zero-order chi connectivity index (χ0) is 92.8. The topological polar surface area (TPSA) is 423 Å². The molecule has 5 aliphatic carbocycles. The molecule has 0 amide bonds. The third-order valence-corrected chi connectivity index (χ3v) is 26.6. The predicted molar refractivity (Wildman–Crippen MR) is 497 cm³/mol. The SMILES string of the molecule is CCCCNCc1cc2cc3c(cc2n1C)CCCc1c-3[nH]c(=O)c(C(=O)O)c1O.CCn1c2c(c(O)c(C(=O)O)c1=O)CC=Cc1cc3c(ccn3C)cc1-2.CN1CCc2cc3c(cc21)CCCc1c(O)c(C(=O)O)c(=O)n(C)c1-3.Cn1c2c(c(O)c(C(=O)O)c1=O)CCCc1cc3c(ccn3C)cc1-2.Cn1c2c(cc(C(=O)O)c1=O)CCCc1cc3c(ccn3C)cc1-2. The monoisotopic (exact) mass is 1760 g/mol. The van der Waals surface area contributed by atoms with Crippen molar-refractivity contribution in [2.24, 2.45) is 49.3 Å². The summed E-state index contributed by atoms with van der Waals surface area (Å²) in [5, 5.41) is 96.4. The van der Waals surface area contributed by atoms with Crippen molar-refractivity contribution in [1.29, 1.82) is 0 Å². The number of fused-ring (bicyclic) bond motifs is 20. The van der Waals surface area contributed by atoms with Gasteiger partial charge in [-0.1, -0.05) is 25.5 Å². The molecule has 20 rings (SSSR count). The molecular weight excluding hydrogens is 1660 g/mol. The zero-order valence-electron chi connectivity index (χ0n) is 73.8. The van der Waals surface area contributed by atoms with Gasteiger partial charge in [0.25, 0.3) is 27.8 Å². The summed E-state index contributed by atoms with van der Waals surface area (Å²) in [7, 11) is 14.9. The molecule has 5 aromatic carbocycles. The molecule has 0 saturated heterocycles. The number of carbonyl (C=O) groups is 5. The summed E-state index contributed by atoms with van der Waals surface area (Å²) >= 11 is 0. The van der Waals surface area contributed by atoms with Crippen LogP contribution < -0.4 is 38.0 Å². The van der Waals surface area contributed by atoms with Crippen LogP contribution in [-0.2, 0) is 127 Å². The number of benzene rings is 5. The molecule has 130 heavy (non-hydrogen) atoms. The molecule has 6 aliphatic rings. The first-order chi connectivity index (χ1) is 62.1. The summed E-state index contributed by atoms with van der Waals surface area (Å²) < 4.78 is 14.0. The zero-order valence-corrected chi connectivity index (χ0v) is 73.8. The number of anilines is 1. The molecule has 0 bridgehead atoms. The van der Waals surface area contributed by atoms with Crippen LogP contribution in [0.4, 0.5) is 5.69 Å². The van der Waals surface area contributed by atoms with Crippen LogP contribution in [0.3, 0.4) is 0 Å². The summed E-state index contributed by atoms with van der Waals surface area (Å²) in [6, 6.07) is 30.7. The van der Waals surface area contributed by atoms with E-state index in [0.29, 0.717) is 77.3 Å². The summed E-state index contributed by atoms with van der Waals surface area (Å²) in [6.07, 6.45) is 22.4. The minimum Gasteiger partial charge on any atom is -0.506 e. The number of nitrogens with zero attached hydrogens (tertiary/aromatic N) is 9. The van der Waals surface area contributed by atoms with Gasteiger partial charge in [-0.15, -0.1) is 0 Å². The third kappa shape index (κ3) is 15.5. The Morgan fingerprint density at radius 3 is 1.40 bits per heavy atom. The normalized spacial score (nSPS) is 13.6. The number of H-pyrrole nitrogens is 1. The van der Waals surface area contributed by atoms with Crippen molar-refractivity contribution in [3.63, 3.8) is 0 Å². The van der Waals surface area contributed by atoms with Gasteiger partial charge in [-0.3, -0.25) is 24.0 Å². The lowest BCUT2D eigenvalue weighted by atomic mass is 9.96. The fourth-order valence-electron chi connectivity index (χ4n) is 19.8. The van der Waals surface area contributed by atoms with Crippen LogP contribution in [0, 0.1) is 0 Å². The number of carboxylic acid groups (broad SMARTS) is 5. The standard InChI is InChI=1S/C23H27N3O4.C20H18N2O4.C19H20N2O4.C19H18N2O4.C19H18N2O3/c1-3-4-8-24-12-15-9-14-10-17-13(11-18(14)26(15)2)6-5-7-16-20(17)25-22(28)19(21(16)27)23(29)30;1-3-22-17-13(18(23)16(19(22)24)20(25)26)6-4-5-11-10-15-12(9-14(11)17)7-8-21(15)2;2*1-20-7-6-11-8-13-10(9-14(11)20)4-3-5-12-16(13)21(2)18(23)15(17(12)22)19(24)25;1-20-7-6-12-8-14-11(10-16(12)20)4-3-5-13-9-15(19(23)24)18(22)21(2)17(13)14/h9-11,24H,3-8,12H2,1-2H3,(H,29,30)(H2,25,27,28);4-5,7-10,23H,3,6H2,1-2H3,(H,25,26);8-9,22H,3-7H2,1-2H3,(H,24,25);6-9,22H,3-5H2,1-2H3,(H,24,25);6-10H,3-5H2,1-2H3,(H,23,24). The van der Waals surface area contributed by atoms with Crippen LogP contribution in [0.1, 0.15) is 171 Å². The van der Waals surface area contributed by atoms with Gasteiger partial charge in [0.15, 0.2) is 22.3 Å². The maximum atomic E-state index is 12.7. The number of pyridine rings is 5. The molecule has 0 atom stereocenters. The number of unbranched alkanes of at least 4 members (excludes halogenated alkanes) is 1. The highest BCUT2D eigenvalue weighted by molar-refractivity contribution is 5.99. The predicted octanol–water partition coefficient (Wildman–Crippen LogP) is 13.4. The van der Waals surface area contributed by atoms with Crippen molar-refractivity contribution in [2.45, 2.75) is 130 Å². The quantitative estimate of drug-likeness (QED) is 0.0536. The largest absolute Gasteiger partial charge is 0.506 e. The summed E-state index contributed by atoms with van der Waals surface area (Å²) in [4.78, 5) is 125. The van der Waals surface area contributed by atoms with E-state index < -0.39 is 97.1 Å². The number of rotatable bonds is 11. The van der Waals surface area contributed by atoms with Crippen molar-refractivity contribution < 1.29 is 69.9 Å². The molecule has 14 aromatic rings. The Kier molecular flexibility index (Phi) is 23.8. The van der Waals surface area contributed by atoms with Gasteiger partial charge in [0.1, 0.15) is 28.6 Å². The smallest absolute Gasteiger partial charge is 0.345 e.